The van der Waals surface area contributed by atoms with Crippen molar-refractivity contribution in [2.24, 2.45) is 5.41 Å². The zero-order valence-corrected chi connectivity index (χ0v) is 16.6. The zero-order valence-electron chi connectivity index (χ0n) is 15.9. The van der Waals surface area contributed by atoms with Crippen LogP contribution in [0.15, 0.2) is 48.5 Å². The van der Waals surface area contributed by atoms with Gasteiger partial charge in [-0.05, 0) is 54.7 Å². The average Bonchev–Trinajstić information content (AvgIpc) is 2.68. The van der Waals surface area contributed by atoms with Crippen LogP contribution in [0.2, 0.25) is 5.02 Å². The molecule has 0 saturated carbocycles. The second-order valence-corrected chi connectivity index (χ2v) is 7.95. The number of carboxylic acids is 1. The van der Waals surface area contributed by atoms with E-state index in [1.165, 1.54) is 23.1 Å². The molecule has 0 spiro atoms. The number of aliphatic hydroxyl groups excluding tert-OH is 1. The van der Waals surface area contributed by atoms with Gasteiger partial charge in [0.2, 0.25) is 5.91 Å². The molecule has 2 atom stereocenters. The summed E-state index contributed by atoms with van der Waals surface area (Å²) in [5.74, 6) is -1.84. The number of likely N-dealkylation sites (tertiary alicyclic amines) is 1. The summed E-state index contributed by atoms with van der Waals surface area (Å²) in [6.45, 7) is 0.169. The quantitative estimate of drug-likeness (QED) is 0.753. The van der Waals surface area contributed by atoms with Gasteiger partial charge >= 0.3 is 5.97 Å². The number of amides is 1. The third-order valence-electron chi connectivity index (χ3n) is 5.49. The number of carbonyl (C=O) groups excluding carboxylic acids is 1. The van der Waals surface area contributed by atoms with Crippen molar-refractivity contribution in [3.05, 3.63) is 70.5 Å². The normalized spacial score (nSPS) is 21.8. The van der Waals surface area contributed by atoms with Gasteiger partial charge in [-0.3, -0.25) is 9.59 Å². The highest BCUT2D eigenvalue weighted by atomic mass is 35.5. The molecule has 1 aliphatic heterocycles. The Hall–Kier alpha value is -2.44. The summed E-state index contributed by atoms with van der Waals surface area (Å²) in [5.41, 5.74) is -0.176. The van der Waals surface area contributed by atoms with Crippen LogP contribution >= 0.6 is 11.6 Å². The first-order valence-electron chi connectivity index (χ1n) is 9.48. The molecule has 2 aromatic carbocycles. The molecule has 1 aliphatic rings. The number of nitrogens with zero attached hydrogens (tertiary/aromatic N) is 1. The van der Waals surface area contributed by atoms with Gasteiger partial charge in [0, 0.05) is 24.5 Å². The lowest BCUT2D eigenvalue weighted by molar-refractivity contribution is -0.165. The molecule has 1 fully saturated rings. The Morgan fingerprint density at radius 2 is 1.90 bits per heavy atom. The van der Waals surface area contributed by atoms with Crippen molar-refractivity contribution >= 4 is 23.5 Å². The summed E-state index contributed by atoms with van der Waals surface area (Å²) in [7, 11) is 0. The molecule has 0 aliphatic carbocycles. The van der Waals surface area contributed by atoms with Crippen molar-refractivity contribution in [1.29, 1.82) is 0 Å². The molecule has 154 valence electrons. The zero-order chi connectivity index (χ0) is 21.0. The van der Waals surface area contributed by atoms with Crippen molar-refractivity contribution in [3.8, 4) is 0 Å². The molecule has 0 unspecified atom stereocenters. The molecule has 2 aromatic rings. The van der Waals surface area contributed by atoms with Crippen LogP contribution in [0.1, 0.15) is 24.0 Å². The highest BCUT2D eigenvalue weighted by Crippen LogP contribution is 2.35. The Morgan fingerprint density at radius 3 is 2.59 bits per heavy atom. The minimum Gasteiger partial charge on any atom is -0.481 e. The van der Waals surface area contributed by atoms with Crippen LogP contribution in [0, 0.1) is 11.2 Å². The topological polar surface area (TPSA) is 77.8 Å². The number of benzene rings is 2. The van der Waals surface area contributed by atoms with E-state index in [0.29, 0.717) is 17.0 Å². The molecule has 0 radical (unpaired) electrons. The fourth-order valence-corrected chi connectivity index (χ4v) is 4.08. The molecule has 1 amide bonds. The lowest BCUT2D eigenvalue weighted by Gasteiger charge is -2.43. The van der Waals surface area contributed by atoms with Gasteiger partial charge in [-0.1, -0.05) is 35.9 Å². The van der Waals surface area contributed by atoms with Crippen LogP contribution in [0.4, 0.5) is 4.39 Å². The van der Waals surface area contributed by atoms with E-state index in [0.717, 1.165) is 5.56 Å². The molecule has 0 aromatic heterocycles. The van der Waals surface area contributed by atoms with E-state index in [-0.39, 0.29) is 38.3 Å². The smallest absolute Gasteiger partial charge is 0.314 e. The predicted octanol–water partition coefficient (Wildman–Crippen LogP) is 3.32. The molecule has 1 saturated heterocycles. The van der Waals surface area contributed by atoms with E-state index in [1.807, 2.05) is 12.1 Å². The fourth-order valence-electron chi connectivity index (χ4n) is 3.86. The van der Waals surface area contributed by atoms with E-state index >= 15 is 0 Å². The van der Waals surface area contributed by atoms with E-state index < -0.39 is 23.3 Å². The largest absolute Gasteiger partial charge is 0.481 e. The van der Waals surface area contributed by atoms with E-state index in [2.05, 4.69) is 0 Å². The third-order valence-corrected chi connectivity index (χ3v) is 5.72. The van der Waals surface area contributed by atoms with Crippen molar-refractivity contribution in [2.75, 3.05) is 13.1 Å². The highest BCUT2D eigenvalue weighted by molar-refractivity contribution is 6.30. The van der Waals surface area contributed by atoms with Gasteiger partial charge in [-0.25, -0.2) is 4.39 Å². The van der Waals surface area contributed by atoms with Gasteiger partial charge in [0.1, 0.15) is 11.2 Å². The predicted molar refractivity (Wildman–Crippen MR) is 107 cm³/mol. The van der Waals surface area contributed by atoms with Gasteiger partial charge in [0.25, 0.3) is 0 Å². The van der Waals surface area contributed by atoms with Crippen LogP contribution in [-0.4, -0.2) is 46.2 Å². The number of hydrogen-bond acceptors (Lipinski definition) is 3. The summed E-state index contributed by atoms with van der Waals surface area (Å²) in [4.78, 5) is 26.4. The summed E-state index contributed by atoms with van der Waals surface area (Å²) in [6.07, 6.45) is -0.321. The van der Waals surface area contributed by atoms with Crippen molar-refractivity contribution in [3.63, 3.8) is 0 Å². The second-order valence-electron chi connectivity index (χ2n) is 7.52. The van der Waals surface area contributed by atoms with Crippen molar-refractivity contribution in [1.82, 2.24) is 4.90 Å². The Morgan fingerprint density at radius 1 is 1.17 bits per heavy atom. The monoisotopic (exact) mass is 419 g/mol. The first-order valence-corrected chi connectivity index (χ1v) is 9.86. The lowest BCUT2D eigenvalue weighted by atomic mass is 9.72. The summed E-state index contributed by atoms with van der Waals surface area (Å²) in [6, 6.07) is 12.9. The van der Waals surface area contributed by atoms with Gasteiger partial charge in [-0.15, -0.1) is 0 Å². The maximum Gasteiger partial charge on any atom is 0.314 e. The van der Waals surface area contributed by atoms with Crippen molar-refractivity contribution in [2.45, 2.75) is 31.8 Å². The summed E-state index contributed by atoms with van der Waals surface area (Å²) >= 11 is 5.97. The molecular formula is C22H23ClFNO4. The number of carbonyl (C=O) groups is 2. The number of hydrogen-bond donors (Lipinski definition) is 2. The van der Waals surface area contributed by atoms with Crippen LogP contribution in [-0.2, 0) is 22.4 Å². The number of piperidine rings is 1. The Bertz CT molecular complexity index is 906. The minimum absolute atomic E-state index is 0.0562. The molecular weight excluding hydrogens is 397 g/mol. The van der Waals surface area contributed by atoms with Crippen LogP contribution < -0.4 is 0 Å². The third kappa shape index (κ3) is 4.95. The summed E-state index contributed by atoms with van der Waals surface area (Å²) in [5, 5.41) is 21.0. The number of rotatable bonds is 6. The van der Waals surface area contributed by atoms with Crippen LogP contribution in [0.25, 0.3) is 0 Å². The van der Waals surface area contributed by atoms with Gasteiger partial charge in [0.15, 0.2) is 0 Å². The highest BCUT2D eigenvalue weighted by Gasteiger charge is 2.50. The number of carboxylic acid groups (broad SMARTS) is 1. The lowest BCUT2D eigenvalue weighted by Crippen LogP contribution is -2.58. The average molecular weight is 420 g/mol. The Labute approximate surface area is 173 Å². The molecule has 0 bridgehead atoms. The maximum absolute atomic E-state index is 13.6. The van der Waals surface area contributed by atoms with Gasteiger partial charge in [0.05, 0.1) is 6.10 Å². The van der Waals surface area contributed by atoms with E-state index in [4.69, 9.17) is 11.6 Å². The SMILES string of the molecule is O=C(CCc1cccc(Cl)c1)N1CC[C@H](O)[C@](Cc2cccc(F)c2)(C(=O)O)C1. The minimum atomic E-state index is -1.57. The van der Waals surface area contributed by atoms with E-state index in [9.17, 15) is 24.2 Å². The van der Waals surface area contributed by atoms with Crippen molar-refractivity contribution < 1.29 is 24.2 Å². The van der Waals surface area contributed by atoms with E-state index in [1.54, 1.807) is 18.2 Å². The molecule has 5 nitrogen and oxygen atoms in total. The van der Waals surface area contributed by atoms with Crippen LogP contribution in [0.3, 0.4) is 0 Å². The second kappa shape index (κ2) is 8.93. The Kier molecular flexibility index (Phi) is 6.55. The number of halogens is 2. The molecule has 7 heteroatoms. The number of aryl methyl sites for hydroxylation is 1. The number of aliphatic carboxylic acids is 1. The first-order chi connectivity index (χ1) is 13.8. The first kappa shape index (κ1) is 21.3. The molecule has 2 N–H and O–H groups in total. The van der Waals surface area contributed by atoms with Gasteiger partial charge in [-0.2, -0.15) is 0 Å². The molecule has 29 heavy (non-hydrogen) atoms. The molecule has 1 heterocycles. The van der Waals surface area contributed by atoms with Crippen LogP contribution in [0.5, 0.6) is 0 Å². The van der Waals surface area contributed by atoms with Gasteiger partial charge < -0.3 is 15.1 Å². The standard InChI is InChI=1S/C22H23ClFNO4/c23-17-5-1-3-15(11-17)7-8-20(27)25-10-9-19(26)22(14-25,21(28)29)13-16-4-2-6-18(24)12-16/h1-6,11-12,19,26H,7-10,13-14H2,(H,28,29)/t19-,22+/m0/s1. The number of aliphatic hydroxyl groups is 1. The fraction of sp³-hybridized carbons (Fsp3) is 0.364. The maximum atomic E-state index is 13.6. The summed E-state index contributed by atoms with van der Waals surface area (Å²) < 4.78 is 13.6. The Balaban J connectivity index is 1.74. The molecule has 3 rings (SSSR count).